The highest BCUT2D eigenvalue weighted by Gasteiger charge is 2.14. The van der Waals surface area contributed by atoms with E-state index in [0.29, 0.717) is 5.88 Å². The number of anilines is 1. The number of hydrogen-bond acceptors (Lipinski definition) is 5. The number of aromatic nitrogens is 2. The van der Waals surface area contributed by atoms with Crippen LogP contribution in [0.5, 0.6) is 5.88 Å². The highest BCUT2D eigenvalue weighted by Crippen LogP contribution is 2.24. The molecule has 0 spiro atoms. The van der Waals surface area contributed by atoms with Crippen molar-refractivity contribution in [2.45, 2.75) is 19.8 Å². The zero-order chi connectivity index (χ0) is 12.1. The van der Waals surface area contributed by atoms with Crippen molar-refractivity contribution in [3.8, 4) is 5.88 Å². The van der Waals surface area contributed by atoms with E-state index in [9.17, 15) is 0 Å². The molecule has 0 unspecified atom stereocenters. The second-order valence-corrected chi connectivity index (χ2v) is 5.52. The van der Waals surface area contributed by atoms with Gasteiger partial charge in [0, 0.05) is 6.54 Å². The summed E-state index contributed by atoms with van der Waals surface area (Å²) in [6.45, 7) is 2.99. The molecule has 0 aliphatic carbocycles. The SMILES string of the molecule is COc1ncnc(NCC2CCSCC2)c1C. The van der Waals surface area contributed by atoms with E-state index in [1.54, 1.807) is 13.4 Å². The summed E-state index contributed by atoms with van der Waals surface area (Å²) >= 11 is 2.06. The predicted octanol–water partition coefficient (Wildman–Crippen LogP) is 2.35. The third kappa shape index (κ3) is 3.25. The number of thioether (sulfide) groups is 1. The molecule has 17 heavy (non-hydrogen) atoms. The summed E-state index contributed by atoms with van der Waals surface area (Å²) in [5.41, 5.74) is 0.986. The molecule has 1 aromatic rings. The third-order valence-electron chi connectivity index (χ3n) is 3.13. The molecule has 4 nitrogen and oxygen atoms in total. The van der Waals surface area contributed by atoms with Crippen LogP contribution >= 0.6 is 11.8 Å². The zero-order valence-corrected chi connectivity index (χ0v) is 11.2. The molecule has 1 aromatic heterocycles. The minimum Gasteiger partial charge on any atom is -0.481 e. The van der Waals surface area contributed by atoms with Crippen LogP contribution in [0.15, 0.2) is 6.33 Å². The Morgan fingerprint density at radius 1 is 1.41 bits per heavy atom. The Morgan fingerprint density at radius 2 is 2.18 bits per heavy atom. The number of nitrogens with zero attached hydrogens (tertiary/aromatic N) is 2. The van der Waals surface area contributed by atoms with Gasteiger partial charge in [0.05, 0.1) is 12.7 Å². The predicted molar refractivity (Wildman–Crippen MR) is 71.9 cm³/mol. The monoisotopic (exact) mass is 253 g/mol. The number of rotatable bonds is 4. The van der Waals surface area contributed by atoms with Gasteiger partial charge in [-0.3, -0.25) is 0 Å². The van der Waals surface area contributed by atoms with Crippen LogP contribution in [-0.2, 0) is 0 Å². The van der Waals surface area contributed by atoms with Gasteiger partial charge in [0.15, 0.2) is 0 Å². The lowest BCUT2D eigenvalue weighted by molar-refractivity contribution is 0.393. The molecule has 1 fully saturated rings. The fourth-order valence-electron chi connectivity index (χ4n) is 2.01. The normalized spacial score (nSPS) is 16.8. The van der Waals surface area contributed by atoms with Gasteiger partial charge >= 0.3 is 0 Å². The average molecular weight is 253 g/mol. The molecular weight excluding hydrogens is 234 g/mol. The second kappa shape index (κ2) is 6.10. The molecule has 94 valence electrons. The van der Waals surface area contributed by atoms with Crippen molar-refractivity contribution in [1.29, 1.82) is 0 Å². The van der Waals surface area contributed by atoms with Crippen molar-refractivity contribution in [3.05, 3.63) is 11.9 Å². The Bertz CT molecular complexity index is 367. The van der Waals surface area contributed by atoms with Crippen LogP contribution in [0.3, 0.4) is 0 Å². The van der Waals surface area contributed by atoms with Gasteiger partial charge in [-0.05, 0) is 37.2 Å². The Hall–Kier alpha value is -0.970. The first-order valence-corrected chi connectivity index (χ1v) is 7.14. The van der Waals surface area contributed by atoms with E-state index in [4.69, 9.17) is 4.74 Å². The molecule has 1 aliphatic heterocycles. The van der Waals surface area contributed by atoms with Gasteiger partial charge in [0.2, 0.25) is 5.88 Å². The molecular formula is C12H19N3OS. The van der Waals surface area contributed by atoms with Crippen LogP contribution in [0, 0.1) is 12.8 Å². The topological polar surface area (TPSA) is 47.0 Å². The van der Waals surface area contributed by atoms with Crippen molar-refractivity contribution >= 4 is 17.6 Å². The first kappa shape index (κ1) is 12.5. The molecule has 0 aromatic carbocycles. The van der Waals surface area contributed by atoms with E-state index < -0.39 is 0 Å². The summed E-state index contributed by atoms with van der Waals surface area (Å²) in [7, 11) is 1.64. The first-order chi connectivity index (χ1) is 8.31. The van der Waals surface area contributed by atoms with Crippen LogP contribution in [0.1, 0.15) is 18.4 Å². The average Bonchev–Trinajstić information content (AvgIpc) is 2.39. The molecule has 1 aliphatic rings. The molecule has 0 atom stereocenters. The fraction of sp³-hybridized carbons (Fsp3) is 0.667. The summed E-state index contributed by atoms with van der Waals surface area (Å²) in [5.74, 6) is 4.91. The summed E-state index contributed by atoms with van der Waals surface area (Å²) in [5, 5.41) is 3.42. The molecule has 1 N–H and O–H groups in total. The molecule has 2 rings (SSSR count). The van der Waals surface area contributed by atoms with E-state index in [1.807, 2.05) is 6.92 Å². The third-order valence-corrected chi connectivity index (χ3v) is 4.18. The largest absolute Gasteiger partial charge is 0.481 e. The van der Waals surface area contributed by atoms with Gasteiger partial charge in [-0.25, -0.2) is 9.97 Å². The van der Waals surface area contributed by atoms with Crippen molar-refractivity contribution in [3.63, 3.8) is 0 Å². The Morgan fingerprint density at radius 3 is 2.88 bits per heavy atom. The first-order valence-electron chi connectivity index (χ1n) is 5.98. The smallest absolute Gasteiger partial charge is 0.221 e. The van der Waals surface area contributed by atoms with E-state index in [-0.39, 0.29) is 0 Å². The van der Waals surface area contributed by atoms with Gasteiger partial charge in [-0.15, -0.1) is 0 Å². The number of methoxy groups -OCH3 is 1. The van der Waals surface area contributed by atoms with Crippen LogP contribution in [-0.4, -0.2) is 35.1 Å². The second-order valence-electron chi connectivity index (χ2n) is 4.29. The van der Waals surface area contributed by atoms with Crippen LogP contribution in [0.4, 0.5) is 5.82 Å². The van der Waals surface area contributed by atoms with Crippen LogP contribution in [0.2, 0.25) is 0 Å². The fourth-order valence-corrected chi connectivity index (χ4v) is 3.21. The van der Waals surface area contributed by atoms with E-state index in [1.165, 1.54) is 24.3 Å². The summed E-state index contributed by atoms with van der Waals surface area (Å²) < 4.78 is 5.18. The molecule has 1 saturated heterocycles. The number of hydrogen-bond donors (Lipinski definition) is 1. The van der Waals surface area contributed by atoms with Gasteiger partial charge in [-0.2, -0.15) is 11.8 Å². The van der Waals surface area contributed by atoms with Crippen molar-refractivity contribution in [1.82, 2.24) is 9.97 Å². The highest BCUT2D eigenvalue weighted by atomic mass is 32.2. The lowest BCUT2D eigenvalue weighted by atomic mass is 10.0. The number of ether oxygens (including phenoxy) is 1. The highest BCUT2D eigenvalue weighted by molar-refractivity contribution is 7.99. The lowest BCUT2D eigenvalue weighted by Gasteiger charge is -2.22. The molecule has 5 heteroatoms. The Kier molecular flexibility index (Phi) is 4.48. The molecule has 0 radical (unpaired) electrons. The summed E-state index contributed by atoms with van der Waals surface area (Å²) in [6, 6.07) is 0. The van der Waals surface area contributed by atoms with E-state index in [0.717, 1.165) is 23.8 Å². The Labute approximate surface area is 107 Å². The van der Waals surface area contributed by atoms with Gasteiger partial charge < -0.3 is 10.1 Å². The minimum absolute atomic E-state index is 0.654. The maximum absolute atomic E-state index is 5.18. The number of nitrogens with one attached hydrogen (secondary N) is 1. The van der Waals surface area contributed by atoms with E-state index >= 15 is 0 Å². The summed E-state index contributed by atoms with van der Waals surface area (Å²) in [4.78, 5) is 8.34. The maximum atomic E-state index is 5.18. The minimum atomic E-state index is 0.654. The quantitative estimate of drug-likeness (QED) is 0.892. The van der Waals surface area contributed by atoms with E-state index in [2.05, 4.69) is 27.0 Å². The van der Waals surface area contributed by atoms with Crippen molar-refractivity contribution in [2.75, 3.05) is 30.5 Å². The van der Waals surface area contributed by atoms with Crippen LogP contribution in [0.25, 0.3) is 0 Å². The summed E-state index contributed by atoms with van der Waals surface area (Å²) in [6.07, 6.45) is 4.16. The van der Waals surface area contributed by atoms with Crippen molar-refractivity contribution in [2.24, 2.45) is 5.92 Å². The van der Waals surface area contributed by atoms with Crippen molar-refractivity contribution < 1.29 is 4.74 Å². The Balaban J connectivity index is 1.93. The maximum Gasteiger partial charge on any atom is 0.221 e. The molecule has 0 amide bonds. The lowest BCUT2D eigenvalue weighted by Crippen LogP contribution is -2.20. The van der Waals surface area contributed by atoms with Gasteiger partial charge in [-0.1, -0.05) is 0 Å². The molecule has 0 saturated carbocycles. The molecule has 0 bridgehead atoms. The van der Waals surface area contributed by atoms with Gasteiger partial charge in [0.1, 0.15) is 12.1 Å². The van der Waals surface area contributed by atoms with Gasteiger partial charge in [0.25, 0.3) is 0 Å². The van der Waals surface area contributed by atoms with Crippen LogP contribution < -0.4 is 10.1 Å². The standard InChI is InChI=1S/C12H19N3OS/c1-9-11(14-8-15-12(9)16-2)13-7-10-3-5-17-6-4-10/h8,10H,3-7H2,1-2H3,(H,13,14,15). The zero-order valence-electron chi connectivity index (χ0n) is 10.4. The molecule has 2 heterocycles.